The third-order valence-corrected chi connectivity index (χ3v) is 4.35. The maximum absolute atomic E-state index is 12.4. The predicted molar refractivity (Wildman–Crippen MR) is 93.8 cm³/mol. The summed E-state index contributed by atoms with van der Waals surface area (Å²) >= 11 is 0. The Labute approximate surface area is 137 Å². The van der Waals surface area contributed by atoms with E-state index in [0.29, 0.717) is 12.0 Å². The van der Waals surface area contributed by atoms with E-state index < -0.39 is 5.60 Å². The van der Waals surface area contributed by atoms with Crippen molar-refractivity contribution in [2.45, 2.75) is 25.9 Å². The fraction of sp³-hybridized carbons (Fsp3) is 0.190. The highest BCUT2D eigenvalue weighted by Crippen LogP contribution is 2.43. The SMILES string of the molecule is C=C(C)C(=O)OC1(CC)c2ccccc2C=Cc2ccccc21. The van der Waals surface area contributed by atoms with Crippen LogP contribution in [0.4, 0.5) is 0 Å². The molecule has 0 spiro atoms. The number of carbonyl (C=O) groups excluding carboxylic acids is 1. The van der Waals surface area contributed by atoms with Crippen molar-refractivity contribution < 1.29 is 9.53 Å². The third-order valence-electron chi connectivity index (χ3n) is 4.35. The molecule has 0 fully saturated rings. The van der Waals surface area contributed by atoms with E-state index in [1.807, 2.05) is 43.3 Å². The number of hydrogen-bond donors (Lipinski definition) is 0. The van der Waals surface area contributed by atoms with Crippen LogP contribution in [0.15, 0.2) is 60.7 Å². The summed E-state index contributed by atoms with van der Waals surface area (Å²) in [6.07, 6.45) is 4.82. The summed E-state index contributed by atoms with van der Waals surface area (Å²) in [5.41, 5.74) is 3.77. The molecule has 0 unspecified atom stereocenters. The Morgan fingerprint density at radius 1 is 1.00 bits per heavy atom. The van der Waals surface area contributed by atoms with E-state index in [1.54, 1.807) is 6.92 Å². The quantitative estimate of drug-likeness (QED) is 0.593. The number of fused-ring (bicyclic) bond motifs is 2. The molecular formula is C21H20O2. The lowest BCUT2D eigenvalue weighted by Gasteiger charge is -2.35. The van der Waals surface area contributed by atoms with Crippen LogP contribution in [-0.2, 0) is 15.1 Å². The fourth-order valence-corrected chi connectivity index (χ4v) is 3.15. The Morgan fingerprint density at radius 2 is 1.48 bits per heavy atom. The van der Waals surface area contributed by atoms with Gasteiger partial charge in [-0.2, -0.15) is 0 Å². The molecular weight excluding hydrogens is 284 g/mol. The lowest BCUT2D eigenvalue weighted by molar-refractivity contribution is -0.152. The van der Waals surface area contributed by atoms with Crippen molar-refractivity contribution in [3.8, 4) is 0 Å². The van der Waals surface area contributed by atoms with Gasteiger partial charge in [0.1, 0.15) is 0 Å². The molecule has 1 aliphatic carbocycles. The van der Waals surface area contributed by atoms with Crippen LogP contribution in [0.25, 0.3) is 12.2 Å². The monoisotopic (exact) mass is 304 g/mol. The van der Waals surface area contributed by atoms with Crippen LogP contribution in [-0.4, -0.2) is 5.97 Å². The molecule has 0 aliphatic heterocycles. The number of esters is 1. The zero-order valence-corrected chi connectivity index (χ0v) is 13.5. The largest absolute Gasteiger partial charge is 0.446 e. The van der Waals surface area contributed by atoms with E-state index in [4.69, 9.17) is 4.74 Å². The molecule has 23 heavy (non-hydrogen) atoms. The van der Waals surface area contributed by atoms with Gasteiger partial charge in [0, 0.05) is 16.7 Å². The van der Waals surface area contributed by atoms with E-state index in [1.165, 1.54) is 0 Å². The van der Waals surface area contributed by atoms with E-state index in [9.17, 15) is 4.79 Å². The van der Waals surface area contributed by atoms with Crippen LogP contribution >= 0.6 is 0 Å². The summed E-state index contributed by atoms with van der Waals surface area (Å²) in [6.45, 7) is 7.46. The average Bonchev–Trinajstić information content (AvgIpc) is 2.71. The Balaban J connectivity index is 2.29. The number of ether oxygens (including phenoxy) is 1. The molecule has 0 bridgehead atoms. The van der Waals surface area contributed by atoms with Gasteiger partial charge in [-0.1, -0.05) is 74.2 Å². The second kappa shape index (κ2) is 5.88. The Morgan fingerprint density at radius 3 is 1.91 bits per heavy atom. The van der Waals surface area contributed by atoms with Crippen LogP contribution in [0.3, 0.4) is 0 Å². The second-order valence-corrected chi connectivity index (χ2v) is 5.86. The van der Waals surface area contributed by atoms with Crippen LogP contribution in [0, 0.1) is 0 Å². The molecule has 0 saturated carbocycles. The van der Waals surface area contributed by atoms with Gasteiger partial charge in [-0.25, -0.2) is 4.79 Å². The van der Waals surface area contributed by atoms with Gasteiger partial charge in [0.2, 0.25) is 0 Å². The van der Waals surface area contributed by atoms with Gasteiger partial charge in [-0.05, 0) is 24.5 Å². The average molecular weight is 304 g/mol. The van der Waals surface area contributed by atoms with Gasteiger partial charge in [0.05, 0.1) is 0 Å². The highest BCUT2D eigenvalue weighted by Gasteiger charge is 2.40. The summed E-state index contributed by atoms with van der Waals surface area (Å²) in [4.78, 5) is 12.4. The number of benzene rings is 2. The lowest BCUT2D eigenvalue weighted by Crippen LogP contribution is -2.34. The lowest BCUT2D eigenvalue weighted by atomic mass is 9.81. The molecule has 2 aromatic carbocycles. The van der Waals surface area contributed by atoms with Crippen LogP contribution in [0.2, 0.25) is 0 Å². The van der Waals surface area contributed by atoms with E-state index in [-0.39, 0.29) is 5.97 Å². The molecule has 0 saturated heterocycles. The smallest absolute Gasteiger partial charge is 0.334 e. The normalized spacial score (nSPS) is 14.3. The van der Waals surface area contributed by atoms with Crippen molar-refractivity contribution in [2.75, 3.05) is 0 Å². The molecule has 0 amide bonds. The maximum atomic E-state index is 12.4. The summed E-state index contributed by atoms with van der Waals surface area (Å²) in [5.74, 6) is -0.363. The number of hydrogen-bond acceptors (Lipinski definition) is 2. The van der Waals surface area contributed by atoms with Crippen LogP contribution in [0.1, 0.15) is 42.5 Å². The fourth-order valence-electron chi connectivity index (χ4n) is 3.15. The maximum Gasteiger partial charge on any atom is 0.334 e. The van der Waals surface area contributed by atoms with Gasteiger partial charge >= 0.3 is 5.97 Å². The van der Waals surface area contributed by atoms with Crippen molar-refractivity contribution >= 4 is 18.1 Å². The first-order valence-corrected chi connectivity index (χ1v) is 7.84. The highest BCUT2D eigenvalue weighted by atomic mass is 16.6. The minimum atomic E-state index is -0.799. The Bertz CT molecular complexity index is 749. The van der Waals surface area contributed by atoms with E-state index in [2.05, 4.69) is 30.9 Å². The topological polar surface area (TPSA) is 26.3 Å². The molecule has 0 aromatic heterocycles. The van der Waals surface area contributed by atoms with Gasteiger partial charge in [-0.3, -0.25) is 0 Å². The first-order chi connectivity index (χ1) is 11.1. The Kier molecular flexibility index (Phi) is 3.91. The van der Waals surface area contributed by atoms with Gasteiger partial charge in [-0.15, -0.1) is 0 Å². The molecule has 2 aromatic rings. The molecule has 2 heteroatoms. The molecule has 0 heterocycles. The third kappa shape index (κ3) is 2.50. The molecule has 3 rings (SSSR count). The van der Waals surface area contributed by atoms with Crippen molar-refractivity contribution in [3.05, 3.63) is 82.9 Å². The van der Waals surface area contributed by atoms with E-state index in [0.717, 1.165) is 22.3 Å². The van der Waals surface area contributed by atoms with Crippen molar-refractivity contribution in [1.29, 1.82) is 0 Å². The first kappa shape index (κ1) is 15.3. The summed E-state index contributed by atoms with van der Waals surface area (Å²) in [6, 6.07) is 16.2. The van der Waals surface area contributed by atoms with Gasteiger partial charge in [0.25, 0.3) is 0 Å². The van der Waals surface area contributed by atoms with Crippen molar-refractivity contribution in [2.24, 2.45) is 0 Å². The Hall–Kier alpha value is -2.61. The standard InChI is InChI=1S/C21H20O2/c1-4-21(23-20(22)15(2)3)18-11-7-5-9-16(18)13-14-17-10-6-8-12-19(17)21/h5-14H,2,4H2,1,3H3. The minimum absolute atomic E-state index is 0.363. The highest BCUT2D eigenvalue weighted by molar-refractivity contribution is 5.88. The van der Waals surface area contributed by atoms with E-state index >= 15 is 0 Å². The summed E-state index contributed by atoms with van der Waals surface area (Å²) in [7, 11) is 0. The van der Waals surface area contributed by atoms with Crippen molar-refractivity contribution in [1.82, 2.24) is 0 Å². The number of carbonyl (C=O) groups is 1. The van der Waals surface area contributed by atoms with Crippen LogP contribution < -0.4 is 0 Å². The molecule has 0 atom stereocenters. The zero-order valence-electron chi connectivity index (χ0n) is 13.5. The first-order valence-electron chi connectivity index (χ1n) is 7.84. The molecule has 1 aliphatic rings. The van der Waals surface area contributed by atoms with Gasteiger partial charge in [0.15, 0.2) is 5.60 Å². The summed E-state index contributed by atoms with van der Waals surface area (Å²) in [5, 5.41) is 0. The molecule has 116 valence electrons. The molecule has 2 nitrogen and oxygen atoms in total. The molecule has 0 N–H and O–H groups in total. The molecule has 0 radical (unpaired) electrons. The predicted octanol–water partition coefficient (Wildman–Crippen LogP) is 4.94. The second-order valence-electron chi connectivity index (χ2n) is 5.86. The van der Waals surface area contributed by atoms with Crippen LogP contribution in [0.5, 0.6) is 0 Å². The number of rotatable bonds is 3. The minimum Gasteiger partial charge on any atom is -0.446 e. The van der Waals surface area contributed by atoms with Crippen molar-refractivity contribution in [3.63, 3.8) is 0 Å². The van der Waals surface area contributed by atoms with Gasteiger partial charge < -0.3 is 4.74 Å². The summed E-state index contributed by atoms with van der Waals surface area (Å²) < 4.78 is 6.04. The zero-order chi connectivity index (χ0) is 16.4.